The topological polar surface area (TPSA) is 48.4 Å². The lowest BCUT2D eigenvalue weighted by Crippen LogP contribution is -2.46. The van der Waals surface area contributed by atoms with Crippen LogP contribution in [0.5, 0.6) is 5.88 Å². The van der Waals surface area contributed by atoms with Crippen LogP contribution in [0.4, 0.5) is 0 Å². The molecule has 0 bridgehead atoms. The van der Waals surface area contributed by atoms with Crippen molar-refractivity contribution in [1.29, 1.82) is 0 Å². The molecule has 0 amide bonds. The van der Waals surface area contributed by atoms with Crippen molar-refractivity contribution >= 4 is 5.78 Å². The summed E-state index contributed by atoms with van der Waals surface area (Å²) in [5.41, 5.74) is 0.246. The molecule has 4 heteroatoms. The van der Waals surface area contributed by atoms with Gasteiger partial charge in [0.2, 0.25) is 5.88 Å². The van der Waals surface area contributed by atoms with Crippen molar-refractivity contribution in [3.05, 3.63) is 23.9 Å². The molecule has 4 nitrogen and oxygen atoms in total. The first kappa shape index (κ1) is 9.78. The quantitative estimate of drug-likeness (QED) is 0.665. The van der Waals surface area contributed by atoms with E-state index >= 15 is 0 Å². The summed E-state index contributed by atoms with van der Waals surface area (Å²) in [4.78, 5) is 16.1. The van der Waals surface area contributed by atoms with Crippen LogP contribution in [-0.4, -0.2) is 29.6 Å². The zero-order valence-corrected chi connectivity index (χ0v) is 8.94. The van der Waals surface area contributed by atoms with Crippen LogP contribution >= 0.6 is 0 Å². The van der Waals surface area contributed by atoms with E-state index in [9.17, 15) is 4.79 Å². The maximum Gasteiger partial charge on any atom is 0.224 e. The van der Waals surface area contributed by atoms with Gasteiger partial charge >= 0.3 is 0 Å². The molecule has 16 heavy (non-hydrogen) atoms. The summed E-state index contributed by atoms with van der Waals surface area (Å²) in [6, 6.07) is 3.54. The van der Waals surface area contributed by atoms with Gasteiger partial charge in [-0.15, -0.1) is 0 Å². The first-order valence-corrected chi connectivity index (χ1v) is 5.54. The van der Waals surface area contributed by atoms with Crippen LogP contribution in [0.1, 0.15) is 29.6 Å². The number of fused-ring (bicyclic) bond motifs is 1. The van der Waals surface area contributed by atoms with Crippen LogP contribution in [-0.2, 0) is 4.74 Å². The summed E-state index contributed by atoms with van der Waals surface area (Å²) in [5.74, 6) is 0.622. The van der Waals surface area contributed by atoms with Crippen molar-refractivity contribution in [3.8, 4) is 5.88 Å². The molecular weight excluding hydrogens is 206 g/mol. The molecule has 2 aliphatic heterocycles. The molecule has 3 heterocycles. The highest BCUT2D eigenvalue weighted by atomic mass is 16.5. The minimum Gasteiger partial charge on any atom is -0.470 e. The molecule has 1 aromatic heterocycles. The van der Waals surface area contributed by atoms with Crippen molar-refractivity contribution in [1.82, 2.24) is 4.98 Å². The van der Waals surface area contributed by atoms with Gasteiger partial charge in [-0.2, -0.15) is 0 Å². The number of aromatic nitrogens is 1. The number of Topliss-reactive ketones (excluding diaryl/α,β-unsaturated/α-hetero) is 1. The van der Waals surface area contributed by atoms with Gasteiger partial charge in [0.1, 0.15) is 5.60 Å². The minimum atomic E-state index is -0.364. The van der Waals surface area contributed by atoms with Gasteiger partial charge in [-0.05, 0) is 12.1 Å². The number of pyridine rings is 1. The van der Waals surface area contributed by atoms with Gasteiger partial charge in [0, 0.05) is 19.0 Å². The number of nitrogens with zero attached hydrogens (tertiary/aromatic N) is 1. The number of carbonyl (C=O) groups excluding carboxylic acids is 1. The first-order valence-electron chi connectivity index (χ1n) is 5.54. The third-order valence-corrected chi connectivity index (χ3v) is 3.27. The number of ether oxygens (including phenoxy) is 2. The van der Waals surface area contributed by atoms with E-state index in [4.69, 9.17) is 9.47 Å². The predicted molar refractivity (Wildman–Crippen MR) is 56.6 cm³/mol. The van der Waals surface area contributed by atoms with Crippen molar-refractivity contribution in [2.45, 2.75) is 24.9 Å². The van der Waals surface area contributed by atoms with Crippen molar-refractivity contribution in [3.63, 3.8) is 0 Å². The standard InChI is InChI=1S/C12H13NO3/c14-10-8-12(3-6-15-7-4-12)16-11-9(10)2-1-5-13-11/h1-2,5H,3-4,6-8H2. The van der Waals surface area contributed by atoms with E-state index in [1.165, 1.54) is 0 Å². The van der Waals surface area contributed by atoms with E-state index in [1.807, 2.05) is 0 Å². The molecule has 1 spiro atoms. The average Bonchev–Trinajstić information content (AvgIpc) is 2.30. The van der Waals surface area contributed by atoms with Crippen LogP contribution in [0, 0.1) is 0 Å². The van der Waals surface area contributed by atoms with Gasteiger partial charge in [0.25, 0.3) is 0 Å². The van der Waals surface area contributed by atoms with Crippen molar-refractivity contribution in [2.75, 3.05) is 13.2 Å². The van der Waals surface area contributed by atoms with Gasteiger partial charge < -0.3 is 9.47 Å². The molecular formula is C12H13NO3. The molecule has 2 aliphatic rings. The van der Waals surface area contributed by atoms with Gasteiger partial charge in [-0.1, -0.05) is 0 Å². The number of rotatable bonds is 0. The van der Waals surface area contributed by atoms with Crippen LogP contribution in [0.3, 0.4) is 0 Å². The van der Waals surface area contributed by atoms with E-state index in [2.05, 4.69) is 4.98 Å². The lowest BCUT2D eigenvalue weighted by molar-refractivity contribution is -0.0527. The first-order chi connectivity index (χ1) is 7.79. The summed E-state index contributed by atoms with van der Waals surface area (Å²) >= 11 is 0. The highest BCUT2D eigenvalue weighted by Gasteiger charge is 2.42. The van der Waals surface area contributed by atoms with Gasteiger partial charge in [0.05, 0.1) is 25.2 Å². The molecule has 0 saturated carbocycles. The van der Waals surface area contributed by atoms with E-state index in [0.29, 0.717) is 31.1 Å². The Morgan fingerprint density at radius 1 is 1.31 bits per heavy atom. The molecule has 0 N–H and O–H groups in total. The molecule has 1 aromatic rings. The monoisotopic (exact) mass is 219 g/mol. The second kappa shape index (κ2) is 3.56. The molecule has 0 aromatic carbocycles. The Labute approximate surface area is 93.6 Å². The number of hydrogen-bond acceptors (Lipinski definition) is 4. The van der Waals surface area contributed by atoms with Gasteiger partial charge in [-0.3, -0.25) is 4.79 Å². The summed E-state index contributed by atoms with van der Waals surface area (Å²) in [6.45, 7) is 1.32. The van der Waals surface area contributed by atoms with Crippen LogP contribution in [0.2, 0.25) is 0 Å². The third-order valence-electron chi connectivity index (χ3n) is 3.27. The lowest BCUT2D eigenvalue weighted by Gasteiger charge is -2.39. The molecule has 1 fully saturated rings. The maximum atomic E-state index is 12.0. The molecule has 0 aliphatic carbocycles. The zero-order valence-electron chi connectivity index (χ0n) is 8.94. The zero-order chi connectivity index (χ0) is 11.0. The van der Waals surface area contributed by atoms with E-state index in [1.54, 1.807) is 18.3 Å². The highest BCUT2D eigenvalue weighted by molar-refractivity contribution is 5.99. The highest BCUT2D eigenvalue weighted by Crippen LogP contribution is 2.37. The minimum absolute atomic E-state index is 0.135. The average molecular weight is 219 g/mol. The lowest BCUT2D eigenvalue weighted by atomic mass is 9.85. The van der Waals surface area contributed by atoms with E-state index in [0.717, 1.165) is 12.8 Å². The van der Waals surface area contributed by atoms with Crippen LogP contribution in [0.15, 0.2) is 18.3 Å². The predicted octanol–water partition coefficient (Wildman–Crippen LogP) is 1.60. The summed E-state index contributed by atoms with van der Waals surface area (Å²) in [6.07, 6.45) is 3.66. The summed E-state index contributed by atoms with van der Waals surface area (Å²) in [7, 11) is 0. The van der Waals surface area contributed by atoms with Crippen LogP contribution < -0.4 is 4.74 Å². The molecule has 0 unspecified atom stereocenters. The Bertz CT molecular complexity index is 424. The molecule has 3 rings (SSSR count). The van der Waals surface area contributed by atoms with Crippen molar-refractivity contribution < 1.29 is 14.3 Å². The normalized spacial score (nSPS) is 22.6. The Kier molecular flexibility index (Phi) is 2.17. The fraction of sp³-hybridized carbons (Fsp3) is 0.500. The van der Waals surface area contributed by atoms with Gasteiger partial charge in [-0.25, -0.2) is 4.98 Å². The van der Waals surface area contributed by atoms with E-state index in [-0.39, 0.29) is 11.4 Å². The SMILES string of the molecule is O=C1CC2(CCOCC2)Oc2ncccc21. The number of ketones is 1. The fourth-order valence-electron chi connectivity index (χ4n) is 2.34. The number of hydrogen-bond donors (Lipinski definition) is 0. The molecule has 84 valence electrons. The fourth-order valence-corrected chi connectivity index (χ4v) is 2.34. The van der Waals surface area contributed by atoms with Crippen molar-refractivity contribution in [2.24, 2.45) is 0 Å². The van der Waals surface area contributed by atoms with Gasteiger partial charge in [0.15, 0.2) is 5.78 Å². The Morgan fingerprint density at radius 3 is 2.94 bits per heavy atom. The Balaban J connectivity index is 1.96. The molecule has 0 atom stereocenters. The Morgan fingerprint density at radius 2 is 2.12 bits per heavy atom. The second-order valence-electron chi connectivity index (χ2n) is 4.35. The summed E-state index contributed by atoms with van der Waals surface area (Å²) < 4.78 is 11.2. The number of carbonyl (C=O) groups is 1. The molecule has 0 radical (unpaired) electrons. The largest absolute Gasteiger partial charge is 0.470 e. The molecule has 1 saturated heterocycles. The second-order valence-corrected chi connectivity index (χ2v) is 4.35. The van der Waals surface area contributed by atoms with Crippen LogP contribution in [0.25, 0.3) is 0 Å². The smallest absolute Gasteiger partial charge is 0.224 e. The summed E-state index contributed by atoms with van der Waals surface area (Å²) in [5, 5.41) is 0. The maximum absolute atomic E-state index is 12.0. The Hall–Kier alpha value is -1.42. The third kappa shape index (κ3) is 1.50. The van der Waals surface area contributed by atoms with E-state index < -0.39 is 0 Å².